The standard InChI is InChI=1S/C30H30FN3O/c1-2-15-30(21-32)25(20-35-19-22-7-4-3-5-8-22)10-6-9-23-17-29-24(16-28(23)30)18-33-34(29)27-13-11-26(31)12-14-27/h3-5,7-8,11-14,16-18,25H,2,6,9-10,15,19-20H2,1H3. The zero-order valence-corrected chi connectivity index (χ0v) is 20.1. The molecule has 3 aromatic carbocycles. The van der Waals surface area contributed by atoms with Crippen LogP contribution in [0.2, 0.25) is 0 Å². The first-order valence-electron chi connectivity index (χ1n) is 12.4. The summed E-state index contributed by atoms with van der Waals surface area (Å²) in [5.41, 5.74) is 4.69. The largest absolute Gasteiger partial charge is 0.376 e. The van der Waals surface area contributed by atoms with Gasteiger partial charge in [-0.15, -0.1) is 0 Å². The third kappa shape index (κ3) is 4.47. The molecule has 0 spiro atoms. The molecule has 4 aromatic rings. The average Bonchev–Trinajstić information content (AvgIpc) is 3.23. The van der Waals surface area contributed by atoms with Crippen LogP contribution >= 0.6 is 0 Å². The molecule has 5 heteroatoms. The molecule has 0 fully saturated rings. The highest BCUT2D eigenvalue weighted by Crippen LogP contribution is 2.45. The highest BCUT2D eigenvalue weighted by atomic mass is 19.1. The topological polar surface area (TPSA) is 50.8 Å². The maximum absolute atomic E-state index is 13.5. The summed E-state index contributed by atoms with van der Waals surface area (Å²) in [5.74, 6) is -0.139. The van der Waals surface area contributed by atoms with Crippen LogP contribution in [0.15, 0.2) is 72.9 Å². The van der Waals surface area contributed by atoms with Crippen LogP contribution in [0, 0.1) is 23.1 Å². The van der Waals surface area contributed by atoms with Gasteiger partial charge in [0, 0.05) is 11.3 Å². The Hall–Kier alpha value is -3.49. The Balaban J connectivity index is 1.51. The van der Waals surface area contributed by atoms with Crippen molar-refractivity contribution in [1.82, 2.24) is 9.78 Å². The number of aromatic nitrogens is 2. The molecule has 0 aliphatic heterocycles. The van der Waals surface area contributed by atoms with E-state index < -0.39 is 5.41 Å². The normalized spacial score (nSPS) is 19.7. The number of aryl methyl sites for hydroxylation is 1. The third-order valence-electron chi connectivity index (χ3n) is 7.31. The maximum atomic E-state index is 13.5. The van der Waals surface area contributed by atoms with Gasteiger partial charge in [-0.2, -0.15) is 10.4 Å². The molecule has 4 nitrogen and oxygen atoms in total. The van der Waals surface area contributed by atoms with Crippen molar-refractivity contribution in [1.29, 1.82) is 5.26 Å². The Morgan fingerprint density at radius 2 is 1.94 bits per heavy atom. The van der Waals surface area contributed by atoms with Crippen LogP contribution in [0.1, 0.15) is 49.3 Å². The van der Waals surface area contributed by atoms with Gasteiger partial charge < -0.3 is 4.74 Å². The lowest BCUT2D eigenvalue weighted by atomic mass is 9.67. The Morgan fingerprint density at radius 1 is 1.14 bits per heavy atom. The fourth-order valence-electron chi connectivity index (χ4n) is 5.59. The van der Waals surface area contributed by atoms with E-state index >= 15 is 0 Å². The summed E-state index contributed by atoms with van der Waals surface area (Å²) in [7, 11) is 0. The number of rotatable bonds is 7. The minimum Gasteiger partial charge on any atom is -0.376 e. The second-order valence-electron chi connectivity index (χ2n) is 9.52. The Labute approximate surface area is 206 Å². The second kappa shape index (κ2) is 10.0. The van der Waals surface area contributed by atoms with Gasteiger partial charge in [-0.25, -0.2) is 9.07 Å². The van der Waals surface area contributed by atoms with Gasteiger partial charge >= 0.3 is 0 Å². The van der Waals surface area contributed by atoms with E-state index in [4.69, 9.17) is 4.74 Å². The minimum absolute atomic E-state index is 0.127. The number of ether oxygens (including phenoxy) is 1. The molecule has 1 heterocycles. The molecule has 35 heavy (non-hydrogen) atoms. The average molecular weight is 468 g/mol. The van der Waals surface area contributed by atoms with Crippen LogP contribution in [0.3, 0.4) is 0 Å². The van der Waals surface area contributed by atoms with Gasteiger partial charge in [-0.05, 0) is 78.8 Å². The number of benzene rings is 3. The number of fused-ring (bicyclic) bond motifs is 2. The molecule has 0 radical (unpaired) electrons. The van der Waals surface area contributed by atoms with Crippen molar-refractivity contribution in [3.63, 3.8) is 0 Å². The lowest BCUT2D eigenvalue weighted by molar-refractivity contribution is 0.0610. The molecule has 5 rings (SSSR count). The van der Waals surface area contributed by atoms with E-state index in [1.54, 1.807) is 12.1 Å². The summed E-state index contributed by atoms with van der Waals surface area (Å²) < 4.78 is 21.5. The van der Waals surface area contributed by atoms with Gasteiger partial charge in [0.2, 0.25) is 0 Å². The van der Waals surface area contributed by atoms with E-state index in [2.05, 4.69) is 42.4 Å². The van der Waals surface area contributed by atoms with Gasteiger partial charge in [0.15, 0.2) is 0 Å². The fraction of sp³-hybridized carbons (Fsp3) is 0.333. The molecule has 0 bridgehead atoms. The van der Waals surface area contributed by atoms with Gasteiger partial charge in [-0.1, -0.05) is 43.7 Å². The first kappa shape index (κ1) is 23.3. The molecule has 178 valence electrons. The van der Waals surface area contributed by atoms with E-state index in [1.807, 2.05) is 29.1 Å². The third-order valence-corrected chi connectivity index (χ3v) is 7.31. The maximum Gasteiger partial charge on any atom is 0.123 e. The zero-order chi connectivity index (χ0) is 24.3. The molecule has 1 aliphatic rings. The molecular weight excluding hydrogens is 437 g/mol. The number of halogens is 1. The fourth-order valence-corrected chi connectivity index (χ4v) is 5.59. The molecular formula is C30H30FN3O. The highest BCUT2D eigenvalue weighted by Gasteiger charge is 2.43. The second-order valence-corrected chi connectivity index (χ2v) is 9.52. The van der Waals surface area contributed by atoms with Crippen LogP contribution < -0.4 is 0 Å². The molecule has 2 unspecified atom stereocenters. The van der Waals surface area contributed by atoms with Gasteiger partial charge in [0.25, 0.3) is 0 Å². The van der Waals surface area contributed by atoms with Crippen LogP contribution in [0.5, 0.6) is 0 Å². The van der Waals surface area contributed by atoms with Gasteiger partial charge in [0.1, 0.15) is 5.82 Å². The van der Waals surface area contributed by atoms with E-state index in [1.165, 1.54) is 17.7 Å². The van der Waals surface area contributed by atoms with Crippen molar-refractivity contribution in [2.45, 2.75) is 51.0 Å². The zero-order valence-electron chi connectivity index (χ0n) is 20.1. The number of nitriles is 1. The first-order chi connectivity index (χ1) is 17.1. The van der Waals surface area contributed by atoms with E-state index in [-0.39, 0.29) is 11.7 Å². The van der Waals surface area contributed by atoms with Crippen molar-refractivity contribution in [3.8, 4) is 11.8 Å². The quantitative estimate of drug-likeness (QED) is 0.278. The molecule has 0 amide bonds. The molecule has 1 aliphatic carbocycles. The van der Waals surface area contributed by atoms with Crippen molar-refractivity contribution >= 4 is 10.9 Å². The van der Waals surface area contributed by atoms with Crippen molar-refractivity contribution in [2.75, 3.05) is 6.61 Å². The predicted molar refractivity (Wildman–Crippen MR) is 136 cm³/mol. The summed E-state index contributed by atoms with van der Waals surface area (Å²) in [6.07, 6.45) is 6.46. The van der Waals surface area contributed by atoms with Crippen LogP contribution in [0.4, 0.5) is 4.39 Å². The molecule has 1 aromatic heterocycles. The summed E-state index contributed by atoms with van der Waals surface area (Å²) in [5, 5.41) is 16.2. The van der Waals surface area contributed by atoms with Crippen molar-refractivity contribution in [3.05, 3.63) is 95.4 Å². The molecule has 0 saturated carbocycles. The van der Waals surface area contributed by atoms with Crippen molar-refractivity contribution in [2.24, 2.45) is 5.92 Å². The highest BCUT2D eigenvalue weighted by molar-refractivity contribution is 5.83. The lowest BCUT2D eigenvalue weighted by Crippen LogP contribution is -2.36. The Bertz CT molecular complexity index is 1340. The smallest absolute Gasteiger partial charge is 0.123 e. The summed E-state index contributed by atoms with van der Waals surface area (Å²) in [4.78, 5) is 0. The summed E-state index contributed by atoms with van der Waals surface area (Å²) in [6, 6.07) is 23.7. The van der Waals surface area contributed by atoms with Gasteiger partial charge in [-0.3, -0.25) is 0 Å². The Kier molecular flexibility index (Phi) is 6.66. The number of nitrogens with zero attached hydrogens (tertiary/aromatic N) is 3. The predicted octanol–water partition coefficient (Wildman–Crippen LogP) is 6.90. The summed E-state index contributed by atoms with van der Waals surface area (Å²) >= 11 is 0. The van der Waals surface area contributed by atoms with Crippen LogP contribution in [0.25, 0.3) is 16.6 Å². The molecule has 0 saturated heterocycles. The Morgan fingerprint density at radius 3 is 2.69 bits per heavy atom. The van der Waals surface area contributed by atoms with E-state index in [0.717, 1.165) is 59.8 Å². The van der Waals surface area contributed by atoms with E-state index in [9.17, 15) is 9.65 Å². The molecule has 0 N–H and O–H groups in total. The van der Waals surface area contributed by atoms with Crippen molar-refractivity contribution < 1.29 is 9.13 Å². The van der Waals surface area contributed by atoms with Gasteiger partial charge in [0.05, 0.1) is 42.1 Å². The molecule has 2 atom stereocenters. The summed E-state index contributed by atoms with van der Waals surface area (Å²) in [6.45, 7) is 3.27. The lowest BCUT2D eigenvalue weighted by Gasteiger charge is -2.35. The minimum atomic E-state index is -0.594. The first-order valence-corrected chi connectivity index (χ1v) is 12.4. The van der Waals surface area contributed by atoms with Crippen LogP contribution in [-0.4, -0.2) is 16.4 Å². The number of hydrogen-bond acceptors (Lipinski definition) is 3. The van der Waals surface area contributed by atoms with Crippen LogP contribution in [-0.2, 0) is 23.2 Å². The SMILES string of the molecule is CCCC1(C#N)c2cc3cnn(-c4ccc(F)cc4)c3cc2CCCC1COCc1ccccc1. The number of hydrogen-bond donors (Lipinski definition) is 0. The monoisotopic (exact) mass is 467 g/mol. The van der Waals surface area contributed by atoms with E-state index in [0.29, 0.717) is 13.2 Å².